The zero-order chi connectivity index (χ0) is 14.6. The van der Waals surface area contributed by atoms with E-state index in [4.69, 9.17) is 5.26 Å². The fourth-order valence-corrected chi connectivity index (χ4v) is 3.26. The van der Waals surface area contributed by atoms with Crippen molar-refractivity contribution in [2.24, 2.45) is 0 Å². The lowest BCUT2D eigenvalue weighted by molar-refractivity contribution is 0.577. The number of nitrogens with one attached hydrogen (secondary N) is 1. The lowest BCUT2D eigenvalue weighted by Crippen LogP contribution is -2.31. The fourth-order valence-electron chi connectivity index (χ4n) is 1.88. The molecule has 5 heteroatoms. The minimum absolute atomic E-state index is 0.174. The van der Waals surface area contributed by atoms with Gasteiger partial charge in [-0.1, -0.05) is 48.5 Å². The third-order valence-corrected chi connectivity index (χ3v) is 4.39. The highest BCUT2D eigenvalue weighted by molar-refractivity contribution is 7.89. The first-order valence-corrected chi connectivity index (χ1v) is 7.59. The summed E-state index contributed by atoms with van der Waals surface area (Å²) in [6.07, 6.45) is 0. The molecule has 0 aliphatic rings. The quantitative estimate of drug-likeness (QED) is 0.939. The molecule has 0 heterocycles. The third-order valence-electron chi connectivity index (χ3n) is 2.79. The van der Waals surface area contributed by atoms with E-state index in [-0.39, 0.29) is 4.90 Å². The van der Waals surface area contributed by atoms with Crippen LogP contribution in [-0.2, 0) is 10.0 Å². The topological polar surface area (TPSA) is 70.0 Å². The van der Waals surface area contributed by atoms with E-state index in [0.717, 1.165) is 5.56 Å². The minimum atomic E-state index is -3.72. The number of nitrogens with zero attached hydrogens (tertiary/aromatic N) is 1. The van der Waals surface area contributed by atoms with Crippen LogP contribution in [0.1, 0.15) is 6.92 Å². The highest BCUT2D eigenvalue weighted by Gasteiger charge is 2.20. The van der Waals surface area contributed by atoms with E-state index in [1.807, 2.05) is 36.4 Å². The normalized spacial score (nSPS) is 12.6. The lowest BCUT2D eigenvalue weighted by atomic mass is 10.1. The number of benzene rings is 2. The molecule has 0 aliphatic carbocycles. The highest BCUT2D eigenvalue weighted by atomic mass is 32.2. The summed E-state index contributed by atoms with van der Waals surface area (Å²) in [5.41, 5.74) is 1.43. The lowest BCUT2D eigenvalue weighted by Gasteiger charge is -2.12. The largest absolute Gasteiger partial charge is 0.242 e. The second-order valence-electron chi connectivity index (χ2n) is 4.33. The summed E-state index contributed by atoms with van der Waals surface area (Å²) >= 11 is 0. The van der Waals surface area contributed by atoms with Crippen molar-refractivity contribution in [1.29, 1.82) is 5.26 Å². The zero-order valence-corrected chi connectivity index (χ0v) is 11.8. The van der Waals surface area contributed by atoms with Gasteiger partial charge in [-0.3, -0.25) is 0 Å². The van der Waals surface area contributed by atoms with Crippen LogP contribution in [0.5, 0.6) is 0 Å². The van der Waals surface area contributed by atoms with Gasteiger partial charge in [-0.25, -0.2) is 8.42 Å². The van der Waals surface area contributed by atoms with Gasteiger partial charge in [0.05, 0.1) is 11.0 Å². The van der Waals surface area contributed by atoms with Crippen LogP contribution in [-0.4, -0.2) is 14.5 Å². The molecule has 2 aromatic rings. The monoisotopic (exact) mass is 286 g/mol. The van der Waals surface area contributed by atoms with Crippen molar-refractivity contribution in [3.8, 4) is 17.2 Å². The minimum Gasteiger partial charge on any atom is -0.207 e. The van der Waals surface area contributed by atoms with E-state index in [9.17, 15) is 8.42 Å². The Morgan fingerprint density at radius 1 is 1.05 bits per heavy atom. The molecule has 0 aromatic heterocycles. The Hall–Kier alpha value is -2.16. The van der Waals surface area contributed by atoms with Crippen molar-refractivity contribution < 1.29 is 8.42 Å². The molecule has 0 unspecified atom stereocenters. The Kier molecular flexibility index (Phi) is 4.18. The van der Waals surface area contributed by atoms with Crippen molar-refractivity contribution >= 4 is 10.0 Å². The summed E-state index contributed by atoms with van der Waals surface area (Å²) in [6, 6.07) is 17.1. The Morgan fingerprint density at radius 3 is 2.30 bits per heavy atom. The van der Waals surface area contributed by atoms with E-state index in [0.29, 0.717) is 5.56 Å². The first-order chi connectivity index (χ1) is 9.54. The van der Waals surface area contributed by atoms with Gasteiger partial charge in [0.15, 0.2) is 0 Å². The van der Waals surface area contributed by atoms with Gasteiger partial charge in [0.25, 0.3) is 0 Å². The van der Waals surface area contributed by atoms with Crippen molar-refractivity contribution in [2.45, 2.75) is 17.9 Å². The molecule has 2 rings (SSSR count). The van der Waals surface area contributed by atoms with Gasteiger partial charge in [-0.05, 0) is 18.6 Å². The summed E-state index contributed by atoms with van der Waals surface area (Å²) in [5.74, 6) is 0. The summed E-state index contributed by atoms with van der Waals surface area (Å²) in [7, 11) is -3.72. The standard InChI is InChI=1S/C15H14N2O2S/c1-12(11-16)17-20(18,19)15-10-6-5-9-14(15)13-7-3-2-4-8-13/h2-10,12,17H,1H3/t12-/m1/s1. The number of rotatable bonds is 4. The predicted molar refractivity (Wildman–Crippen MR) is 77.3 cm³/mol. The molecule has 0 spiro atoms. The van der Waals surface area contributed by atoms with Crippen molar-refractivity contribution in [3.05, 3.63) is 54.6 Å². The molecule has 1 atom stereocenters. The third kappa shape index (κ3) is 3.05. The highest BCUT2D eigenvalue weighted by Crippen LogP contribution is 2.26. The molecule has 0 aliphatic heterocycles. The molecule has 0 amide bonds. The van der Waals surface area contributed by atoms with Gasteiger partial charge in [0.2, 0.25) is 10.0 Å². The molecule has 0 saturated heterocycles. The van der Waals surface area contributed by atoms with Gasteiger partial charge in [-0.15, -0.1) is 0 Å². The summed E-state index contributed by atoms with van der Waals surface area (Å²) < 4.78 is 27.0. The van der Waals surface area contributed by atoms with E-state index >= 15 is 0 Å². The Labute approximate surface area is 118 Å². The SMILES string of the molecule is C[C@H](C#N)NS(=O)(=O)c1ccccc1-c1ccccc1. The van der Waals surface area contributed by atoms with Crippen LogP contribution in [0.4, 0.5) is 0 Å². The molecular weight excluding hydrogens is 272 g/mol. The number of hydrogen-bond acceptors (Lipinski definition) is 3. The van der Waals surface area contributed by atoms with E-state index < -0.39 is 16.1 Å². The number of nitriles is 1. The van der Waals surface area contributed by atoms with E-state index in [1.54, 1.807) is 18.2 Å². The fraction of sp³-hybridized carbons (Fsp3) is 0.133. The molecule has 1 N–H and O–H groups in total. The van der Waals surface area contributed by atoms with E-state index in [1.165, 1.54) is 13.0 Å². The molecule has 20 heavy (non-hydrogen) atoms. The van der Waals surface area contributed by atoms with Crippen LogP contribution < -0.4 is 4.72 Å². The maximum absolute atomic E-state index is 12.3. The van der Waals surface area contributed by atoms with Crippen LogP contribution in [0.25, 0.3) is 11.1 Å². The molecule has 102 valence electrons. The maximum Gasteiger partial charge on any atom is 0.242 e. The van der Waals surface area contributed by atoms with Crippen LogP contribution in [0.15, 0.2) is 59.5 Å². The van der Waals surface area contributed by atoms with Crippen LogP contribution in [0.2, 0.25) is 0 Å². The zero-order valence-electron chi connectivity index (χ0n) is 10.9. The van der Waals surface area contributed by atoms with Crippen molar-refractivity contribution in [3.63, 3.8) is 0 Å². The summed E-state index contributed by atoms with van der Waals surface area (Å²) in [5, 5.41) is 8.75. The molecular formula is C15H14N2O2S. The van der Waals surface area contributed by atoms with Crippen LogP contribution in [0, 0.1) is 11.3 Å². The Bertz CT molecular complexity index is 734. The first kappa shape index (κ1) is 14.3. The number of hydrogen-bond donors (Lipinski definition) is 1. The summed E-state index contributed by atoms with van der Waals surface area (Å²) in [4.78, 5) is 0.174. The van der Waals surface area contributed by atoms with Gasteiger partial charge in [0.1, 0.15) is 6.04 Å². The molecule has 2 aromatic carbocycles. The van der Waals surface area contributed by atoms with Gasteiger partial charge < -0.3 is 0 Å². The number of sulfonamides is 1. The Morgan fingerprint density at radius 2 is 1.65 bits per heavy atom. The van der Waals surface area contributed by atoms with Crippen molar-refractivity contribution in [2.75, 3.05) is 0 Å². The smallest absolute Gasteiger partial charge is 0.207 e. The second kappa shape index (κ2) is 5.87. The van der Waals surface area contributed by atoms with Gasteiger partial charge in [-0.2, -0.15) is 9.98 Å². The van der Waals surface area contributed by atoms with Crippen molar-refractivity contribution in [1.82, 2.24) is 4.72 Å². The van der Waals surface area contributed by atoms with E-state index in [2.05, 4.69) is 4.72 Å². The first-order valence-electron chi connectivity index (χ1n) is 6.11. The van der Waals surface area contributed by atoms with Crippen LogP contribution >= 0.6 is 0 Å². The summed E-state index contributed by atoms with van der Waals surface area (Å²) in [6.45, 7) is 1.50. The Balaban J connectivity index is 2.52. The van der Waals surface area contributed by atoms with Crippen LogP contribution in [0.3, 0.4) is 0 Å². The molecule has 0 radical (unpaired) electrons. The molecule has 0 fully saturated rings. The molecule has 0 saturated carbocycles. The van der Waals surface area contributed by atoms with Gasteiger partial charge in [0, 0.05) is 5.56 Å². The second-order valence-corrected chi connectivity index (χ2v) is 6.02. The molecule has 4 nitrogen and oxygen atoms in total. The van der Waals surface area contributed by atoms with Gasteiger partial charge >= 0.3 is 0 Å². The maximum atomic E-state index is 12.3. The average Bonchev–Trinajstić information content (AvgIpc) is 2.47. The predicted octanol–water partition coefficient (Wildman–Crippen LogP) is 2.54. The average molecular weight is 286 g/mol. The molecule has 0 bridgehead atoms.